The second-order valence-electron chi connectivity index (χ2n) is 7.09. The molecule has 0 radical (unpaired) electrons. The van der Waals surface area contributed by atoms with E-state index < -0.39 is 0 Å². The number of nitrogens with zero attached hydrogens (tertiary/aromatic N) is 3. The molecule has 2 rings (SSSR count). The van der Waals surface area contributed by atoms with E-state index in [4.69, 9.17) is 5.26 Å². The van der Waals surface area contributed by atoms with Gasteiger partial charge in [0.1, 0.15) is 5.54 Å². The van der Waals surface area contributed by atoms with E-state index in [0.29, 0.717) is 0 Å². The van der Waals surface area contributed by atoms with E-state index in [9.17, 15) is 0 Å². The quantitative estimate of drug-likeness (QED) is 0.780. The number of nitriles is 1. The molecular formula is C17H32N4. The molecule has 0 aromatic rings. The minimum atomic E-state index is -0.353. The Hall–Kier alpha value is -0.630. The molecule has 120 valence electrons. The van der Waals surface area contributed by atoms with Gasteiger partial charge in [0.05, 0.1) is 6.07 Å². The fourth-order valence-corrected chi connectivity index (χ4v) is 3.62. The van der Waals surface area contributed by atoms with E-state index in [1.54, 1.807) is 0 Å². The van der Waals surface area contributed by atoms with Gasteiger partial charge in [0.15, 0.2) is 0 Å². The van der Waals surface area contributed by atoms with Crippen molar-refractivity contribution in [1.29, 1.82) is 5.26 Å². The molecule has 0 saturated carbocycles. The van der Waals surface area contributed by atoms with Gasteiger partial charge in [-0.1, -0.05) is 0 Å². The van der Waals surface area contributed by atoms with Crippen molar-refractivity contribution in [3.05, 3.63) is 0 Å². The molecule has 1 unspecified atom stereocenters. The molecule has 0 aliphatic carbocycles. The van der Waals surface area contributed by atoms with Gasteiger partial charge in [-0.15, -0.1) is 0 Å². The van der Waals surface area contributed by atoms with Crippen molar-refractivity contribution in [2.24, 2.45) is 5.92 Å². The molecule has 4 nitrogen and oxygen atoms in total. The lowest BCUT2D eigenvalue weighted by Gasteiger charge is -2.34. The molecule has 0 aromatic carbocycles. The van der Waals surface area contributed by atoms with Crippen LogP contribution in [0.1, 0.15) is 45.4 Å². The van der Waals surface area contributed by atoms with Gasteiger partial charge in [0, 0.05) is 6.54 Å². The molecule has 2 heterocycles. The first-order valence-corrected chi connectivity index (χ1v) is 8.70. The Balaban J connectivity index is 1.59. The number of hydrogen-bond acceptors (Lipinski definition) is 4. The summed E-state index contributed by atoms with van der Waals surface area (Å²) in [6, 6.07) is 2.38. The molecule has 0 bridgehead atoms. The van der Waals surface area contributed by atoms with Crippen LogP contribution in [0.2, 0.25) is 0 Å². The Labute approximate surface area is 130 Å². The number of piperidine rings is 1. The molecule has 2 fully saturated rings. The molecule has 21 heavy (non-hydrogen) atoms. The van der Waals surface area contributed by atoms with E-state index in [-0.39, 0.29) is 5.54 Å². The number of rotatable bonds is 7. The fourth-order valence-electron chi connectivity index (χ4n) is 3.62. The molecule has 1 N–H and O–H groups in total. The summed E-state index contributed by atoms with van der Waals surface area (Å²) >= 11 is 0. The Morgan fingerprint density at radius 1 is 1.14 bits per heavy atom. The SMILES string of the molecule is CNC(C)(C#N)CCCN1CCC(CN2CCCC2)CC1. The van der Waals surface area contributed by atoms with E-state index >= 15 is 0 Å². The van der Waals surface area contributed by atoms with Crippen LogP contribution in [0.5, 0.6) is 0 Å². The normalized spacial score (nSPS) is 24.8. The minimum Gasteiger partial charge on any atom is -0.303 e. The average molecular weight is 292 g/mol. The molecule has 2 aliphatic rings. The van der Waals surface area contributed by atoms with Crippen molar-refractivity contribution in [3.8, 4) is 6.07 Å². The van der Waals surface area contributed by atoms with E-state index in [2.05, 4.69) is 21.2 Å². The number of hydrogen-bond donors (Lipinski definition) is 1. The molecule has 2 aliphatic heterocycles. The third-order valence-electron chi connectivity index (χ3n) is 5.37. The monoisotopic (exact) mass is 292 g/mol. The second kappa shape index (κ2) is 8.12. The highest BCUT2D eigenvalue weighted by molar-refractivity contribution is 5.02. The first-order chi connectivity index (χ1) is 10.1. The highest BCUT2D eigenvalue weighted by Crippen LogP contribution is 2.21. The fraction of sp³-hybridized carbons (Fsp3) is 0.941. The predicted octanol–water partition coefficient (Wildman–Crippen LogP) is 2.08. The van der Waals surface area contributed by atoms with Crippen molar-refractivity contribution >= 4 is 0 Å². The van der Waals surface area contributed by atoms with Gasteiger partial charge in [-0.25, -0.2) is 0 Å². The summed E-state index contributed by atoms with van der Waals surface area (Å²) < 4.78 is 0. The Kier molecular flexibility index (Phi) is 6.47. The first kappa shape index (κ1) is 16.7. The zero-order chi connectivity index (χ0) is 15.1. The van der Waals surface area contributed by atoms with Gasteiger partial charge in [0.2, 0.25) is 0 Å². The minimum absolute atomic E-state index is 0.353. The lowest BCUT2D eigenvalue weighted by atomic mass is 9.95. The van der Waals surface area contributed by atoms with Crippen LogP contribution in [-0.2, 0) is 0 Å². The third-order valence-corrected chi connectivity index (χ3v) is 5.37. The van der Waals surface area contributed by atoms with Crippen LogP contribution in [0.4, 0.5) is 0 Å². The van der Waals surface area contributed by atoms with Crippen LogP contribution in [-0.4, -0.2) is 61.7 Å². The summed E-state index contributed by atoms with van der Waals surface area (Å²) in [6.45, 7) is 9.64. The van der Waals surface area contributed by atoms with Crippen molar-refractivity contribution in [1.82, 2.24) is 15.1 Å². The number of likely N-dealkylation sites (tertiary alicyclic amines) is 2. The van der Waals surface area contributed by atoms with Crippen molar-refractivity contribution < 1.29 is 0 Å². The van der Waals surface area contributed by atoms with Gasteiger partial charge < -0.3 is 15.1 Å². The van der Waals surface area contributed by atoms with E-state index in [1.165, 1.54) is 58.4 Å². The summed E-state index contributed by atoms with van der Waals surface area (Å²) in [4.78, 5) is 5.25. The largest absolute Gasteiger partial charge is 0.303 e. The molecule has 2 saturated heterocycles. The maximum atomic E-state index is 9.16. The molecule has 0 aromatic heterocycles. The Bertz CT molecular complexity index is 337. The van der Waals surface area contributed by atoms with Crippen LogP contribution in [0.3, 0.4) is 0 Å². The van der Waals surface area contributed by atoms with Crippen LogP contribution >= 0.6 is 0 Å². The second-order valence-corrected chi connectivity index (χ2v) is 7.09. The Morgan fingerprint density at radius 3 is 2.38 bits per heavy atom. The Morgan fingerprint density at radius 2 is 1.81 bits per heavy atom. The van der Waals surface area contributed by atoms with Crippen molar-refractivity contribution in [2.45, 2.75) is 51.0 Å². The summed E-state index contributed by atoms with van der Waals surface area (Å²) in [5.74, 6) is 0.918. The summed E-state index contributed by atoms with van der Waals surface area (Å²) in [7, 11) is 1.88. The lowest BCUT2D eigenvalue weighted by Crippen LogP contribution is -2.41. The third kappa shape index (κ3) is 5.25. The van der Waals surface area contributed by atoms with Gasteiger partial charge in [-0.3, -0.25) is 0 Å². The van der Waals surface area contributed by atoms with Crippen molar-refractivity contribution in [2.75, 3.05) is 46.3 Å². The predicted molar refractivity (Wildman–Crippen MR) is 87.1 cm³/mol. The van der Waals surface area contributed by atoms with Crippen LogP contribution in [0.25, 0.3) is 0 Å². The van der Waals surface area contributed by atoms with Crippen LogP contribution in [0.15, 0.2) is 0 Å². The highest BCUT2D eigenvalue weighted by atomic mass is 15.2. The molecule has 1 atom stereocenters. The van der Waals surface area contributed by atoms with Gasteiger partial charge in [-0.2, -0.15) is 5.26 Å². The summed E-state index contributed by atoms with van der Waals surface area (Å²) in [6.07, 6.45) is 7.58. The van der Waals surface area contributed by atoms with Gasteiger partial charge >= 0.3 is 0 Å². The maximum Gasteiger partial charge on any atom is 0.103 e. The van der Waals surface area contributed by atoms with Crippen molar-refractivity contribution in [3.63, 3.8) is 0 Å². The summed E-state index contributed by atoms with van der Waals surface area (Å²) in [5, 5.41) is 12.3. The maximum absolute atomic E-state index is 9.16. The van der Waals surface area contributed by atoms with Crippen LogP contribution < -0.4 is 5.32 Å². The van der Waals surface area contributed by atoms with Gasteiger partial charge in [0.25, 0.3) is 0 Å². The smallest absolute Gasteiger partial charge is 0.103 e. The zero-order valence-corrected chi connectivity index (χ0v) is 13.9. The summed E-state index contributed by atoms with van der Waals surface area (Å²) in [5.41, 5.74) is -0.353. The number of nitrogens with one attached hydrogen (secondary N) is 1. The van der Waals surface area contributed by atoms with E-state index in [0.717, 1.165) is 25.3 Å². The molecular weight excluding hydrogens is 260 g/mol. The zero-order valence-electron chi connectivity index (χ0n) is 13.9. The van der Waals surface area contributed by atoms with E-state index in [1.807, 2.05) is 14.0 Å². The van der Waals surface area contributed by atoms with Crippen LogP contribution in [0, 0.1) is 17.2 Å². The standard InChI is InChI=1S/C17H32N4/c1-17(15-18,19-2)8-5-11-20-12-6-16(7-13-20)14-21-9-3-4-10-21/h16,19H,3-14H2,1-2H3. The highest BCUT2D eigenvalue weighted by Gasteiger charge is 2.24. The topological polar surface area (TPSA) is 42.3 Å². The molecule has 4 heteroatoms. The van der Waals surface area contributed by atoms with Gasteiger partial charge in [-0.05, 0) is 91.1 Å². The molecule has 0 spiro atoms. The first-order valence-electron chi connectivity index (χ1n) is 8.70. The lowest BCUT2D eigenvalue weighted by molar-refractivity contribution is 0.150. The molecule has 0 amide bonds. The average Bonchev–Trinajstić information content (AvgIpc) is 3.02.